The van der Waals surface area contributed by atoms with Gasteiger partial charge in [-0.25, -0.2) is 4.98 Å². The third-order valence-corrected chi connectivity index (χ3v) is 5.51. The van der Waals surface area contributed by atoms with Gasteiger partial charge in [-0.1, -0.05) is 30.7 Å². The minimum absolute atomic E-state index is 0.253. The molecule has 8 heteroatoms. The molecule has 0 radical (unpaired) electrons. The van der Waals surface area contributed by atoms with Crippen molar-refractivity contribution in [3.63, 3.8) is 0 Å². The fourth-order valence-electron chi connectivity index (χ4n) is 3.28. The van der Waals surface area contributed by atoms with Crippen molar-refractivity contribution in [2.24, 2.45) is 0 Å². The summed E-state index contributed by atoms with van der Waals surface area (Å²) in [5.41, 5.74) is 9.66. The maximum atomic E-state index is 10.3. The van der Waals surface area contributed by atoms with E-state index in [4.69, 9.17) is 5.73 Å². The molecule has 1 saturated heterocycles. The lowest BCUT2D eigenvalue weighted by molar-refractivity contribution is 0.0350. The number of piperidine rings is 1. The normalized spacial score (nSPS) is 15.6. The topological polar surface area (TPSA) is 100 Å². The minimum atomic E-state index is -0.636. The van der Waals surface area contributed by atoms with E-state index in [1.54, 1.807) is 6.20 Å². The summed E-state index contributed by atoms with van der Waals surface area (Å²) in [7, 11) is 0. The number of aliphatic hydroxyl groups is 1. The number of hydrogen-bond donors (Lipinski definition) is 3. The molecule has 0 saturated carbocycles. The van der Waals surface area contributed by atoms with Crippen LogP contribution in [0.25, 0.3) is 0 Å². The SMILES string of the molecule is CCc1nc(N)nc(N2CCC(C)(O)CC2)c1C#Cc1cnc(C)c(NSC)c1. The molecule has 1 aliphatic rings. The van der Waals surface area contributed by atoms with Gasteiger partial charge in [-0.15, -0.1) is 0 Å². The van der Waals surface area contributed by atoms with E-state index in [0.717, 1.165) is 34.0 Å². The van der Waals surface area contributed by atoms with E-state index in [9.17, 15) is 5.11 Å². The number of rotatable bonds is 4. The number of nitrogens with one attached hydrogen (secondary N) is 1. The van der Waals surface area contributed by atoms with Crippen LogP contribution in [0.1, 0.15) is 49.2 Å². The van der Waals surface area contributed by atoms with Gasteiger partial charge in [0.25, 0.3) is 0 Å². The molecule has 0 aromatic carbocycles. The fourth-order valence-corrected chi connectivity index (χ4v) is 3.70. The first-order valence-electron chi connectivity index (χ1n) is 9.74. The van der Waals surface area contributed by atoms with Crippen molar-refractivity contribution in [3.8, 4) is 11.8 Å². The number of anilines is 3. The van der Waals surface area contributed by atoms with E-state index in [1.165, 1.54) is 11.9 Å². The molecule has 1 aliphatic heterocycles. The van der Waals surface area contributed by atoms with Crippen LogP contribution in [-0.4, -0.2) is 45.0 Å². The zero-order valence-corrected chi connectivity index (χ0v) is 18.2. The molecule has 3 heterocycles. The van der Waals surface area contributed by atoms with E-state index in [0.29, 0.717) is 32.4 Å². The lowest BCUT2D eigenvalue weighted by Crippen LogP contribution is -2.43. The lowest BCUT2D eigenvalue weighted by Gasteiger charge is -2.37. The van der Waals surface area contributed by atoms with Crippen molar-refractivity contribution in [2.45, 2.75) is 45.6 Å². The molecule has 0 aliphatic carbocycles. The Labute approximate surface area is 176 Å². The third-order valence-electron chi connectivity index (χ3n) is 5.09. The molecule has 154 valence electrons. The second-order valence-corrected chi connectivity index (χ2v) is 8.09. The van der Waals surface area contributed by atoms with Crippen LogP contribution in [0.4, 0.5) is 17.5 Å². The number of nitrogen functional groups attached to an aromatic ring is 1. The first kappa shape index (κ1) is 21.2. The Bertz CT molecular complexity index is 940. The highest BCUT2D eigenvalue weighted by Gasteiger charge is 2.29. The van der Waals surface area contributed by atoms with Gasteiger partial charge >= 0.3 is 0 Å². The highest BCUT2D eigenvalue weighted by molar-refractivity contribution is 7.99. The predicted octanol–water partition coefficient (Wildman–Crippen LogP) is 2.77. The van der Waals surface area contributed by atoms with E-state index in [-0.39, 0.29) is 5.95 Å². The van der Waals surface area contributed by atoms with Crippen LogP contribution in [0.5, 0.6) is 0 Å². The molecular formula is C21H28N6OS. The second-order valence-electron chi connectivity index (χ2n) is 7.48. The number of hydrogen-bond acceptors (Lipinski definition) is 8. The second kappa shape index (κ2) is 8.89. The van der Waals surface area contributed by atoms with Crippen LogP contribution in [0.2, 0.25) is 0 Å². The Hall–Kier alpha value is -2.50. The van der Waals surface area contributed by atoms with Crippen molar-refractivity contribution in [1.29, 1.82) is 0 Å². The van der Waals surface area contributed by atoms with Crippen molar-refractivity contribution < 1.29 is 5.11 Å². The predicted molar refractivity (Wildman–Crippen MR) is 120 cm³/mol. The highest BCUT2D eigenvalue weighted by atomic mass is 32.2. The monoisotopic (exact) mass is 412 g/mol. The molecule has 4 N–H and O–H groups in total. The summed E-state index contributed by atoms with van der Waals surface area (Å²) in [5, 5.41) is 10.3. The van der Waals surface area contributed by atoms with Crippen LogP contribution in [0.15, 0.2) is 12.3 Å². The van der Waals surface area contributed by atoms with Crippen molar-refractivity contribution in [1.82, 2.24) is 15.0 Å². The maximum Gasteiger partial charge on any atom is 0.222 e. The van der Waals surface area contributed by atoms with Crippen LogP contribution < -0.4 is 15.4 Å². The molecule has 2 aromatic heterocycles. The van der Waals surface area contributed by atoms with Crippen LogP contribution in [-0.2, 0) is 6.42 Å². The zero-order chi connectivity index (χ0) is 21.0. The Morgan fingerprint density at radius 3 is 2.69 bits per heavy atom. The Balaban J connectivity index is 1.99. The summed E-state index contributed by atoms with van der Waals surface area (Å²) >= 11 is 1.52. The van der Waals surface area contributed by atoms with Gasteiger partial charge in [0.1, 0.15) is 5.82 Å². The summed E-state index contributed by atoms with van der Waals surface area (Å²) in [4.78, 5) is 15.5. The number of aromatic nitrogens is 3. The summed E-state index contributed by atoms with van der Waals surface area (Å²) in [6, 6.07) is 1.99. The van der Waals surface area contributed by atoms with Gasteiger partial charge in [-0.05, 0) is 39.2 Å². The van der Waals surface area contributed by atoms with E-state index in [2.05, 4.69) is 36.4 Å². The Morgan fingerprint density at radius 1 is 1.31 bits per heavy atom. The number of nitrogens with two attached hydrogens (primary N) is 1. The van der Waals surface area contributed by atoms with Gasteiger partial charge in [0, 0.05) is 31.1 Å². The van der Waals surface area contributed by atoms with Gasteiger partial charge in [-0.2, -0.15) is 4.98 Å². The number of pyridine rings is 1. The first-order chi connectivity index (χ1) is 13.8. The molecular weight excluding hydrogens is 384 g/mol. The molecule has 0 spiro atoms. The quantitative estimate of drug-likeness (QED) is 0.521. The minimum Gasteiger partial charge on any atom is -0.390 e. The highest BCUT2D eigenvalue weighted by Crippen LogP contribution is 2.28. The van der Waals surface area contributed by atoms with Gasteiger partial charge < -0.3 is 20.5 Å². The van der Waals surface area contributed by atoms with Crippen molar-refractivity contribution in [3.05, 3.63) is 34.8 Å². The van der Waals surface area contributed by atoms with Gasteiger partial charge in [-0.3, -0.25) is 4.98 Å². The smallest absolute Gasteiger partial charge is 0.222 e. The number of nitrogens with zero attached hydrogens (tertiary/aromatic N) is 4. The molecule has 0 unspecified atom stereocenters. The summed E-state index contributed by atoms with van der Waals surface area (Å²) < 4.78 is 3.23. The summed E-state index contributed by atoms with van der Waals surface area (Å²) in [6.45, 7) is 7.28. The van der Waals surface area contributed by atoms with Crippen LogP contribution in [0, 0.1) is 18.8 Å². The molecule has 1 fully saturated rings. The van der Waals surface area contributed by atoms with Crippen LogP contribution in [0.3, 0.4) is 0 Å². The van der Waals surface area contributed by atoms with Crippen LogP contribution >= 0.6 is 11.9 Å². The van der Waals surface area contributed by atoms with Gasteiger partial charge in [0.2, 0.25) is 5.95 Å². The molecule has 0 bridgehead atoms. The number of aryl methyl sites for hydroxylation is 2. The molecule has 2 aromatic rings. The molecule has 3 rings (SSSR count). The average molecular weight is 413 g/mol. The third kappa shape index (κ3) is 5.11. The maximum absolute atomic E-state index is 10.3. The van der Waals surface area contributed by atoms with E-state index >= 15 is 0 Å². The van der Waals surface area contributed by atoms with Crippen molar-refractivity contribution in [2.75, 3.05) is 34.7 Å². The van der Waals surface area contributed by atoms with Crippen molar-refractivity contribution >= 4 is 29.4 Å². The largest absolute Gasteiger partial charge is 0.390 e. The molecule has 29 heavy (non-hydrogen) atoms. The van der Waals surface area contributed by atoms with E-state index < -0.39 is 5.60 Å². The molecule has 7 nitrogen and oxygen atoms in total. The molecule has 0 atom stereocenters. The first-order valence-corrected chi connectivity index (χ1v) is 11.0. The Morgan fingerprint density at radius 2 is 2.03 bits per heavy atom. The van der Waals surface area contributed by atoms with Gasteiger partial charge in [0.05, 0.1) is 28.2 Å². The average Bonchev–Trinajstić information content (AvgIpc) is 2.69. The molecule has 0 amide bonds. The summed E-state index contributed by atoms with van der Waals surface area (Å²) in [6.07, 6.45) is 5.81. The summed E-state index contributed by atoms with van der Waals surface area (Å²) in [5.74, 6) is 7.49. The van der Waals surface area contributed by atoms with Gasteiger partial charge in [0.15, 0.2) is 0 Å². The fraction of sp³-hybridized carbons (Fsp3) is 0.476. The zero-order valence-electron chi connectivity index (χ0n) is 17.4. The standard InChI is InChI=1S/C21H28N6OS/c1-5-17-16(7-6-15-12-18(26-29-4)14(2)23-13-15)19(25-20(22)24-17)27-10-8-21(3,28)9-11-27/h12-13,26,28H,5,8-11H2,1-4H3,(H2,22,24,25). The van der Waals surface area contributed by atoms with E-state index in [1.807, 2.05) is 33.1 Å². The lowest BCUT2D eigenvalue weighted by atomic mass is 9.93. The Kier molecular flexibility index (Phi) is 6.50.